The number of hydrogen-bond donors (Lipinski definition) is 0. The normalized spacial score (nSPS) is 25.0. The Kier molecular flexibility index (Phi) is 2.37. The van der Waals surface area contributed by atoms with Gasteiger partial charge < -0.3 is 10.1 Å². The number of rotatable bonds is 2. The van der Waals surface area contributed by atoms with Crippen LogP contribution in [0, 0.1) is 27.4 Å². The van der Waals surface area contributed by atoms with Crippen LogP contribution in [0.3, 0.4) is 0 Å². The van der Waals surface area contributed by atoms with Crippen molar-refractivity contribution in [3.05, 3.63) is 22.4 Å². The first-order valence-corrected chi connectivity index (χ1v) is 4.81. The summed E-state index contributed by atoms with van der Waals surface area (Å²) in [6.45, 7) is 0. The van der Waals surface area contributed by atoms with Crippen LogP contribution < -0.4 is 0 Å². The standard InChI is InChI=1S/C9H10N4O2/c10-6-7-2-1-3-8(7)12-5-4-9(11-12)13(14)15/h4-5,7-8H,1-3H2. The van der Waals surface area contributed by atoms with E-state index in [1.807, 2.05) is 0 Å². The second-order valence-electron chi connectivity index (χ2n) is 3.64. The first-order valence-electron chi connectivity index (χ1n) is 4.81. The highest BCUT2D eigenvalue weighted by Crippen LogP contribution is 2.35. The van der Waals surface area contributed by atoms with Crippen LogP contribution >= 0.6 is 0 Å². The summed E-state index contributed by atoms with van der Waals surface area (Å²) in [5.41, 5.74) is 0. The maximum atomic E-state index is 10.4. The van der Waals surface area contributed by atoms with E-state index in [0.717, 1.165) is 19.3 Å². The molecule has 15 heavy (non-hydrogen) atoms. The molecular formula is C9H10N4O2. The number of hydrogen-bond acceptors (Lipinski definition) is 4. The second-order valence-corrected chi connectivity index (χ2v) is 3.64. The Morgan fingerprint density at radius 1 is 1.67 bits per heavy atom. The molecular weight excluding hydrogens is 196 g/mol. The fourth-order valence-electron chi connectivity index (χ4n) is 2.02. The highest BCUT2D eigenvalue weighted by atomic mass is 16.6. The quantitative estimate of drug-likeness (QED) is 0.544. The molecule has 1 aliphatic rings. The average molecular weight is 206 g/mol. The molecule has 0 N–H and O–H groups in total. The molecule has 0 amide bonds. The molecule has 1 aromatic rings. The van der Waals surface area contributed by atoms with E-state index in [1.54, 1.807) is 10.9 Å². The number of nitro groups is 1. The molecule has 0 bridgehead atoms. The van der Waals surface area contributed by atoms with Gasteiger partial charge in [0.2, 0.25) is 0 Å². The van der Waals surface area contributed by atoms with E-state index < -0.39 is 4.92 Å². The van der Waals surface area contributed by atoms with Crippen molar-refractivity contribution >= 4 is 5.82 Å². The summed E-state index contributed by atoms with van der Waals surface area (Å²) < 4.78 is 1.55. The Hall–Kier alpha value is -1.90. The summed E-state index contributed by atoms with van der Waals surface area (Å²) in [4.78, 5) is 9.92. The van der Waals surface area contributed by atoms with Crippen molar-refractivity contribution in [2.75, 3.05) is 0 Å². The van der Waals surface area contributed by atoms with Crippen LogP contribution in [-0.4, -0.2) is 14.7 Å². The van der Waals surface area contributed by atoms with Gasteiger partial charge in [-0.15, -0.1) is 0 Å². The van der Waals surface area contributed by atoms with Crippen molar-refractivity contribution in [3.63, 3.8) is 0 Å². The predicted octanol–water partition coefficient (Wildman–Crippen LogP) is 1.66. The Morgan fingerprint density at radius 2 is 2.47 bits per heavy atom. The monoisotopic (exact) mass is 206 g/mol. The zero-order valence-corrected chi connectivity index (χ0v) is 8.04. The van der Waals surface area contributed by atoms with Gasteiger partial charge in [-0.05, 0) is 24.2 Å². The zero-order chi connectivity index (χ0) is 10.8. The fourth-order valence-corrected chi connectivity index (χ4v) is 2.02. The minimum Gasteiger partial charge on any atom is -0.358 e. The third kappa shape index (κ3) is 1.68. The molecule has 0 aromatic carbocycles. The highest BCUT2D eigenvalue weighted by Gasteiger charge is 2.31. The van der Waals surface area contributed by atoms with Crippen LogP contribution in [0.25, 0.3) is 0 Å². The van der Waals surface area contributed by atoms with Crippen molar-refractivity contribution in [2.45, 2.75) is 25.3 Å². The van der Waals surface area contributed by atoms with E-state index in [4.69, 9.17) is 5.26 Å². The lowest BCUT2D eigenvalue weighted by molar-refractivity contribution is -0.389. The summed E-state index contributed by atoms with van der Waals surface area (Å²) in [6, 6.07) is 3.59. The molecule has 0 saturated heterocycles. The van der Waals surface area contributed by atoms with E-state index in [9.17, 15) is 10.1 Å². The van der Waals surface area contributed by atoms with E-state index >= 15 is 0 Å². The third-order valence-electron chi connectivity index (χ3n) is 2.77. The van der Waals surface area contributed by atoms with E-state index in [0.29, 0.717) is 0 Å². The molecule has 2 unspecified atom stereocenters. The molecule has 2 atom stereocenters. The van der Waals surface area contributed by atoms with Gasteiger partial charge in [-0.3, -0.25) is 0 Å². The number of nitriles is 1. The van der Waals surface area contributed by atoms with Gasteiger partial charge in [0.25, 0.3) is 0 Å². The van der Waals surface area contributed by atoms with Gasteiger partial charge in [-0.1, -0.05) is 0 Å². The smallest absolute Gasteiger partial charge is 0.358 e. The first kappa shape index (κ1) is 9.65. The van der Waals surface area contributed by atoms with Crippen molar-refractivity contribution in [3.8, 4) is 6.07 Å². The Morgan fingerprint density at radius 3 is 3.07 bits per heavy atom. The molecule has 1 saturated carbocycles. The van der Waals surface area contributed by atoms with Gasteiger partial charge in [0.15, 0.2) is 0 Å². The average Bonchev–Trinajstić information content (AvgIpc) is 2.85. The van der Waals surface area contributed by atoms with E-state index in [-0.39, 0.29) is 17.8 Å². The molecule has 1 aromatic heterocycles. The Bertz CT molecular complexity index is 420. The number of aromatic nitrogens is 2. The van der Waals surface area contributed by atoms with Gasteiger partial charge in [-0.25, -0.2) is 0 Å². The summed E-state index contributed by atoms with van der Waals surface area (Å²) in [5.74, 6) is -0.219. The van der Waals surface area contributed by atoms with Crippen molar-refractivity contribution in [1.29, 1.82) is 5.26 Å². The molecule has 78 valence electrons. The molecule has 1 aliphatic carbocycles. The van der Waals surface area contributed by atoms with Gasteiger partial charge in [0.1, 0.15) is 0 Å². The van der Waals surface area contributed by atoms with Gasteiger partial charge in [0, 0.05) is 0 Å². The van der Waals surface area contributed by atoms with Crippen LogP contribution in [0.4, 0.5) is 5.82 Å². The van der Waals surface area contributed by atoms with E-state index in [1.165, 1.54) is 6.07 Å². The van der Waals surface area contributed by atoms with E-state index in [2.05, 4.69) is 11.2 Å². The fraction of sp³-hybridized carbons (Fsp3) is 0.556. The van der Waals surface area contributed by atoms with Crippen LogP contribution in [0.2, 0.25) is 0 Å². The van der Waals surface area contributed by atoms with Crippen molar-refractivity contribution in [1.82, 2.24) is 9.78 Å². The van der Waals surface area contributed by atoms with Crippen LogP contribution in [0.5, 0.6) is 0 Å². The summed E-state index contributed by atoms with van der Waals surface area (Å²) >= 11 is 0. The molecule has 1 fully saturated rings. The minimum absolute atomic E-state index is 0.00343. The summed E-state index contributed by atoms with van der Waals surface area (Å²) in [6.07, 6.45) is 4.29. The highest BCUT2D eigenvalue weighted by molar-refractivity contribution is 5.15. The lowest BCUT2D eigenvalue weighted by atomic mass is 10.1. The van der Waals surface area contributed by atoms with Gasteiger partial charge in [-0.2, -0.15) is 9.94 Å². The second kappa shape index (κ2) is 3.69. The molecule has 0 aliphatic heterocycles. The molecule has 2 rings (SSSR count). The number of nitrogens with zero attached hydrogens (tertiary/aromatic N) is 4. The molecule has 0 spiro atoms. The molecule has 1 heterocycles. The largest absolute Gasteiger partial charge is 0.389 e. The SMILES string of the molecule is N#CC1CCCC1n1ccc([N+](=O)[O-])n1. The minimum atomic E-state index is -0.521. The Balaban J connectivity index is 2.22. The lowest BCUT2D eigenvalue weighted by Crippen LogP contribution is -2.13. The topological polar surface area (TPSA) is 84.8 Å². The van der Waals surface area contributed by atoms with Crippen molar-refractivity contribution in [2.24, 2.45) is 5.92 Å². The zero-order valence-electron chi connectivity index (χ0n) is 8.04. The molecule has 0 radical (unpaired) electrons. The maximum absolute atomic E-state index is 10.4. The van der Waals surface area contributed by atoms with Crippen LogP contribution in [0.1, 0.15) is 25.3 Å². The summed E-state index contributed by atoms with van der Waals surface area (Å²) in [7, 11) is 0. The van der Waals surface area contributed by atoms with Crippen LogP contribution in [-0.2, 0) is 0 Å². The lowest BCUT2D eigenvalue weighted by Gasteiger charge is -2.09. The van der Waals surface area contributed by atoms with Crippen LogP contribution in [0.15, 0.2) is 12.3 Å². The first-order chi connectivity index (χ1) is 7.22. The predicted molar refractivity (Wildman–Crippen MR) is 50.9 cm³/mol. The van der Waals surface area contributed by atoms with Gasteiger partial charge >= 0.3 is 5.82 Å². The summed E-state index contributed by atoms with van der Waals surface area (Å²) in [5, 5.41) is 23.2. The molecule has 6 heteroatoms. The molecule has 6 nitrogen and oxygen atoms in total. The third-order valence-corrected chi connectivity index (χ3v) is 2.77. The maximum Gasteiger partial charge on any atom is 0.389 e. The Labute approximate surface area is 86.3 Å². The van der Waals surface area contributed by atoms with Crippen molar-refractivity contribution < 1.29 is 4.92 Å². The van der Waals surface area contributed by atoms with Gasteiger partial charge in [0.05, 0.1) is 35.4 Å².